The Labute approximate surface area is 190 Å². The molecule has 1 fully saturated rings. The highest BCUT2D eigenvalue weighted by Gasteiger charge is 2.28. The van der Waals surface area contributed by atoms with Crippen LogP contribution in [0.4, 0.5) is 0 Å². The first-order valence-corrected chi connectivity index (χ1v) is 9.74. The molecule has 1 aromatic heterocycles. The molecule has 0 atom stereocenters. The fourth-order valence-electron chi connectivity index (χ4n) is 3.33. The molecule has 3 rings (SSSR count). The number of hydrogen-bond donors (Lipinski definition) is 2. The summed E-state index contributed by atoms with van der Waals surface area (Å²) in [5.74, 6) is 0.808. The van der Waals surface area contributed by atoms with Gasteiger partial charge in [0, 0.05) is 38.8 Å². The second-order valence-electron chi connectivity index (χ2n) is 7.60. The zero-order chi connectivity index (χ0) is 19.8. The molecule has 0 amide bonds. The molecule has 0 radical (unpaired) electrons. The van der Waals surface area contributed by atoms with E-state index in [1.54, 1.807) is 19.7 Å². The number of guanidine groups is 1. The molecule has 0 bridgehead atoms. The monoisotopic (exact) mass is 513 g/mol. The molecule has 1 aliphatic heterocycles. The van der Waals surface area contributed by atoms with E-state index in [1.807, 2.05) is 4.68 Å². The predicted molar refractivity (Wildman–Crippen MR) is 126 cm³/mol. The third-order valence-corrected chi connectivity index (χ3v) is 5.04. The summed E-state index contributed by atoms with van der Waals surface area (Å²) < 4.78 is 7.28. The Morgan fingerprint density at radius 3 is 2.66 bits per heavy atom. The number of aromatic nitrogens is 3. The van der Waals surface area contributed by atoms with Crippen molar-refractivity contribution < 1.29 is 4.74 Å². The van der Waals surface area contributed by atoms with Crippen molar-refractivity contribution in [3.8, 4) is 0 Å². The topological polar surface area (TPSA) is 79.6 Å². The lowest BCUT2D eigenvalue weighted by Gasteiger charge is -2.41. The number of rotatable bonds is 7. The Bertz CT molecular complexity index is 758. The van der Waals surface area contributed by atoms with Crippen molar-refractivity contribution in [3.63, 3.8) is 0 Å². The van der Waals surface area contributed by atoms with Crippen molar-refractivity contribution in [2.45, 2.75) is 32.5 Å². The largest absolute Gasteiger partial charge is 0.379 e. The standard InChI is InChI=1S/C20H31N7O.HI/c1-20(2,26-7-9-28-10-8-26)14-24-19(21-3)23-12-17-5-4-6-18(11-17)13-27-16-22-15-25-27;/h4-6,11,15-16H,7-10,12-14H2,1-3H3,(H2,21,23,24);1H. The summed E-state index contributed by atoms with van der Waals surface area (Å²) in [4.78, 5) is 10.8. The third-order valence-electron chi connectivity index (χ3n) is 5.04. The number of nitrogens with zero attached hydrogens (tertiary/aromatic N) is 5. The number of aliphatic imine (C=N–C) groups is 1. The van der Waals surface area contributed by atoms with Gasteiger partial charge in [0.05, 0.1) is 19.8 Å². The van der Waals surface area contributed by atoms with Gasteiger partial charge in [0.2, 0.25) is 0 Å². The van der Waals surface area contributed by atoms with Crippen LogP contribution in [0.2, 0.25) is 0 Å². The Morgan fingerprint density at radius 2 is 1.97 bits per heavy atom. The average molecular weight is 513 g/mol. The average Bonchev–Trinajstić information content (AvgIpc) is 3.22. The number of benzene rings is 1. The number of hydrogen-bond acceptors (Lipinski definition) is 5. The van der Waals surface area contributed by atoms with Crippen LogP contribution in [-0.2, 0) is 17.8 Å². The maximum atomic E-state index is 5.46. The van der Waals surface area contributed by atoms with Gasteiger partial charge in [0.15, 0.2) is 5.96 Å². The first-order valence-electron chi connectivity index (χ1n) is 9.74. The van der Waals surface area contributed by atoms with Gasteiger partial charge in [-0.2, -0.15) is 5.10 Å². The van der Waals surface area contributed by atoms with Crippen molar-refractivity contribution in [3.05, 3.63) is 48.0 Å². The highest BCUT2D eigenvalue weighted by Crippen LogP contribution is 2.15. The lowest BCUT2D eigenvalue weighted by atomic mass is 10.0. The Hall–Kier alpha value is -1.72. The summed E-state index contributed by atoms with van der Waals surface area (Å²) in [6, 6.07) is 8.46. The van der Waals surface area contributed by atoms with Gasteiger partial charge in [-0.05, 0) is 25.0 Å². The molecule has 0 unspecified atom stereocenters. The van der Waals surface area contributed by atoms with Crippen LogP contribution in [-0.4, -0.2) is 71.1 Å². The van der Waals surface area contributed by atoms with E-state index in [1.165, 1.54) is 11.1 Å². The molecule has 0 saturated carbocycles. The lowest BCUT2D eigenvalue weighted by molar-refractivity contribution is -0.00834. The molecule has 2 N–H and O–H groups in total. The minimum absolute atomic E-state index is 0. The molecule has 29 heavy (non-hydrogen) atoms. The van der Waals surface area contributed by atoms with Crippen LogP contribution in [0.1, 0.15) is 25.0 Å². The summed E-state index contributed by atoms with van der Waals surface area (Å²) in [6.45, 7) is 10.3. The van der Waals surface area contributed by atoms with Gasteiger partial charge >= 0.3 is 0 Å². The molecular formula is C20H32IN7O. The van der Waals surface area contributed by atoms with E-state index in [0.717, 1.165) is 38.8 Å². The van der Waals surface area contributed by atoms with Gasteiger partial charge in [-0.25, -0.2) is 9.67 Å². The Balaban J connectivity index is 0.00000300. The third kappa shape index (κ3) is 7.23. The fraction of sp³-hybridized carbons (Fsp3) is 0.550. The number of ether oxygens (including phenoxy) is 1. The van der Waals surface area contributed by atoms with Crippen molar-refractivity contribution in [1.29, 1.82) is 0 Å². The maximum Gasteiger partial charge on any atom is 0.191 e. The highest BCUT2D eigenvalue weighted by atomic mass is 127. The van der Waals surface area contributed by atoms with Crippen molar-refractivity contribution in [2.75, 3.05) is 39.9 Å². The Kier molecular flexibility index (Phi) is 9.31. The van der Waals surface area contributed by atoms with E-state index < -0.39 is 0 Å². The SMILES string of the molecule is CN=C(NCc1cccc(Cn2cncn2)c1)NCC(C)(C)N1CCOCC1.I. The molecule has 9 heteroatoms. The first-order chi connectivity index (χ1) is 13.6. The van der Waals surface area contributed by atoms with Crippen LogP contribution < -0.4 is 10.6 Å². The zero-order valence-corrected chi connectivity index (χ0v) is 19.8. The van der Waals surface area contributed by atoms with E-state index in [9.17, 15) is 0 Å². The smallest absolute Gasteiger partial charge is 0.191 e. The molecule has 2 heterocycles. The van der Waals surface area contributed by atoms with E-state index >= 15 is 0 Å². The minimum Gasteiger partial charge on any atom is -0.379 e. The molecule has 0 aliphatic carbocycles. The summed E-state index contributed by atoms with van der Waals surface area (Å²) in [5, 5.41) is 11.0. The van der Waals surface area contributed by atoms with E-state index in [4.69, 9.17) is 4.74 Å². The van der Waals surface area contributed by atoms with Crippen LogP contribution >= 0.6 is 24.0 Å². The molecule has 0 spiro atoms. The zero-order valence-electron chi connectivity index (χ0n) is 17.5. The molecular weight excluding hydrogens is 481 g/mol. The van der Waals surface area contributed by atoms with Gasteiger partial charge in [-0.3, -0.25) is 9.89 Å². The quantitative estimate of drug-likeness (QED) is 0.334. The predicted octanol–water partition coefficient (Wildman–Crippen LogP) is 1.72. The first kappa shape index (κ1) is 23.6. The molecule has 160 valence electrons. The van der Waals surface area contributed by atoms with Crippen molar-refractivity contribution in [2.24, 2.45) is 4.99 Å². The van der Waals surface area contributed by atoms with Gasteiger partial charge in [0.25, 0.3) is 0 Å². The van der Waals surface area contributed by atoms with Crippen LogP contribution in [0.15, 0.2) is 41.9 Å². The van der Waals surface area contributed by atoms with Gasteiger partial charge in [0.1, 0.15) is 12.7 Å². The molecule has 1 aromatic carbocycles. The van der Waals surface area contributed by atoms with Gasteiger partial charge in [-0.1, -0.05) is 24.3 Å². The second-order valence-corrected chi connectivity index (χ2v) is 7.60. The summed E-state index contributed by atoms with van der Waals surface area (Å²) in [5.41, 5.74) is 2.44. The Morgan fingerprint density at radius 1 is 1.21 bits per heavy atom. The molecule has 1 aliphatic rings. The van der Waals surface area contributed by atoms with Crippen LogP contribution in [0.5, 0.6) is 0 Å². The van der Waals surface area contributed by atoms with Crippen LogP contribution in [0.3, 0.4) is 0 Å². The molecule has 8 nitrogen and oxygen atoms in total. The normalized spacial score (nSPS) is 15.6. The van der Waals surface area contributed by atoms with Crippen molar-refractivity contribution >= 4 is 29.9 Å². The summed E-state index contributed by atoms with van der Waals surface area (Å²) in [6.07, 6.45) is 3.28. The molecule has 1 saturated heterocycles. The van der Waals surface area contributed by atoms with Gasteiger partial charge < -0.3 is 15.4 Å². The second kappa shape index (κ2) is 11.5. The maximum absolute atomic E-state index is 5.46. The van der Waals surface area contributed by atoms with E-state index in [0.29, 0.717) is 13.1 Å². The minimum atomic E-state index is 0. The molecule has 2 aromatic rings. The van der Waals surface area contributed by atoms with E-state index in [2.05, 4.69) is 68.7 Å². The van der Waals surface area contributed by atoms with Gasteiger partial charge in [-0.15, -0.1) is 24.0 Å². The summed E-state index contributed by atoms with van der Waals surface area (Å²) >= 11 is 0. The number of nitrogens with one attached hydrogen (secondary N) is 2. The fourth-order valence-corrected chi connectivity index (χ4v) is 3.33. The van der Waals surface area contributed by atoms with E-state index in [-0.39, 0.29) is 29.5 Å². The highest BCUT2D eigenvalue weighted by molar-refractivity contribution is 14.0. The van der Waals surface area contributed by atoms with Crippen molar-refractivity contribution in [1.82, 2.24) is 30.3 Å². The van der Waals surface area contributed by atoms with Crippen LogP contribution in [0, 0.1) is 0 Å². The number of halogens is 1. The summed E-state index contributed by atoms with van der Waals surface area (Å²) in [7, 11) is 1.80. The number of morpholine rings is 1. The lowest BCUT2D eigenvalue weighted by Crippen LogP contribution is -2.56. The van der Waals surface area contributed by atoms with Crippen LogP contribution in [0.25, 0.3) is 0 Å².